The van der Waals surface area contributed by atoms with E-state index in [1.807, 2.05) is 11.6 Å². The molecule has 2 N–H and O–H groups in total. The molecule has 0 saturated carbocycles. The number of thiazole rings is 1. The van der Waals surface area contributed by atoms with E-state index in [4.69, 9.17) is 5.73 Å². The lowest BCUT2D eigenvalue weighted by molar-refractivity contribution is 0.867. The molecule has 2 nitrogen and oxygen atoms in total. The first-order valence-corrected chi connectivity index (χ1v) is 5.51. The van der Waals surface area contributed by atoms with Crippen LogP contribution in [0.25, 0.3) is 0 Å². The molecule has 4 heteroatoms. The molecule has 62 valence electrons. The summed E-state index contributed by atoms with van der Waals surface area (Å²) in [6.07, 6.45) is 2.86. The fourth-order valence-electron chi connectivity index (χ4n) is 0.620. The van der Waals surface area contributed by atoms with E-state index in [2.05, 4.69) is 11.9 Å². The second kappa shape index (κ2) is 4.74. The number of rotatable bonds is 4. The van der Waals surface area contributed by atoms with E-state index in [-0.39, 0.29) is 5.37 Å². The van der Waals surface area contributed by atoms with Crippen molar-refractivity contribution in [3.8, 4) is 0 Å². The Morgan fingerprint density at radius 2 is 2.64 bits per heavy atom. The Morgan fingerprint density at radius 1 is 1.82 bits per heavy atom. The minimum absolute atomic E-state index is 0.263. The van der Waals surface area contributed by atoms with Gasteiger partial charge in [-0.2, -0.15) is 0 Å². The minimum Gasteiger partial charge on any atom is -0.319 e. The summed E-state index contributed by atoms with van der Waals surface area (Å²) in [5, 5.41) is 3.42. The van der Waals surface area contributed by atoms with E-state index >= 15 is 0 Å². The van der Waals surface area contributed by atoms with Gasteiger partial charge in [0.2, 0.25) is 0 Å². The first kappa shape index (κ1) is 9.03. The lowest BCUT2D eigenvalue weighted by Gasteiger charge is -2.05. The van der Waals surface area contributed by atoms with Crippen molar-refractivity contribution in [1.29, 1.82) is 0 Å². The smallest absolute Gasteiger partial charge is 0.102 e. The van der Waals surface area contributed by atoms with Gasteiger partial charge in [-0.1, -0.05) is 6.92 Å². The summed E-state index contributed by atoms with van der Waals surface area (Å²) >= 11 is 3.45. The SMILES string of the molecule is CCC(N)SCc1nccs1. The molecule has 1 aromatic rings. The molecule has 0 spiro atoms. The number of hydrogen-bond donors (Lipinski definition) is 1. The van der Waals surface area contributed by atoms with Gasteiger partial charge in [0.25, 0.3) is 0 Å². The lowest BCUT2D eigenvalue weighted by atomic mass is 10.5. The van der Waals surface area contributed by atoms with Gasteiger partial charge < -0.3 is 5.73 Å². The van der Waals surface area contributed by atoms with Crippen molar-refractivity contribution >= 4 is 23.1 Å². The Hall–Kier alpha value is -0.0600. The van der Waals surface area contributed by atoms with Crippen molar-refractivity contribution in [3.63, 3.8) is 0 Å². The highest BCUT2D eigenvalue weighted by Crippen LogP contribution is 2.17. The highest BCUT2D eigenvalue weighted by atomic mass is 32.2. The molecule has 0 saturated heterocycles. The summed E-state index contributed by atoms with van der Waals surface area (Å²) in [6.45, 7) is 2.10. The van der Waals surface area contributed by atoms with E-state index in [0.29, 0.717) is 0 Å². The predicted octanol–water partition coefficient (Wildman–Crippen LogP) is 2.07. The zero-order chi connectivity index (χ0) is 8.10. The van der Waals surface area contributed by atoms with E-state index in [1.54, 1.807) is 23.1 Å². The highest BCUT2D eigenvalue weighted by molar-refractivity contribution is 7.99. The van der Waals surface area contributed by atoms with Crippen molar-refractivity contribution in [1.82, 2.24) is 4.98 Å². The zero-order valence-corrected chi connectivity index (χ0v) is 8.12. The van der Waals surface area contributed by atoms with Gasteiger partial charge in [0.05, 0.1) is 5.37 Å². The van der Waals surface area contributed by atoms with Crippen molar-refractivity contribution < 1.29 is 0 Å². The molecule has 1 unspecified atom stereocenters. The van der Waals surface area contributed by atoms with Gasteiger partial charge in [0.1, 0.15) is 5.01 Å². The Bertz CT molecular complexity index is 186. The molecule has 1 aromatic heterocycles. The molecular formula is C7H12N2S2. The van der Waals surface area contributed by atoms with Crippen LogP contribution in [-0.4, -0.2) is 10.4 Å². The van der Waals surface area contributed by atoms with Crippen molar-refractivity contribution in [2.45, 2.75) is 24.5 Å². The maximum atomic E-state index is 5.73. The summed E-state index contributed by atoms with van der Waals surface area (Å²) in [6, 6.07) is 0. The van der Waals surface area contributed by atoms with Crippen molar-refractivity contribution in [3.05, 3.63) is 16.6 Å². The monoisotopic (exact) mass is 188 g/mol. The summed E-state index contributed by atoms with van der Waals surface area (Å²) < 4.78 is 0. The van der Waals surface area contributed by atoms with Crippen LogP contribution in [0, 0.1) is 0 Å². The highest BCUT2D eigenvalue weighted by Gasteiger charge is 2.00. The van der Waals surface area contributed by atoms with Crippen molar-refractivity contribution in [2.75, 3.05) is 0 Å². The third-order valence-corrected chi connectivity index (χ3v) is 3.47. The van der Waals surface area contributed by atoms with Crippen LogP contribution in [0.5, 0.6) is 0 Å². The normalized spacial score (nSPS) is 13.3. The van der Waals surface area contributed by atoms with Crippen molar-refractivity contribution in [2.24, 2.45) is 5.73 Å². The summed E-state index contributed by atoms with van der Waals surface area (Å²) in [4.78, 5) is 4.16. The van der Waals surface area contributed by atoms with Gasteiger partial charge in [0.15, 0.2) is 0 Å². The van der Waals surface area contributed by atoms with Gasteiger partial charge in [-0.05, 0) is 6.42 Å². The van der Waals surface area contributed by atoms with Gasteiger partial charge >= 0.3 is 0 Å². The van der Waals surface area contributed by atoms with Crippen LogP contribution in [0.3, 0.4) is 0 Å². The molecule has 0 aliphatic carbocycles. The number of aromatic nitrogens is 1. The van der Waals surface area contributed by atoms with Crippen LogP contribution in [0.1, 0.15) is 18.4 Å². The largest absolute Gasteiger partial charge is 0.319 e. The molecular weight excluding hydrogens is 176 g/mol. The summed E-state index contributed by atoms with van der Waals surface area (Å²) in [7, 11) is 0. The molecule has 0 aliphatic heterocycles. The molecule has 1 atom stereocenters. The second-order valence-corrected chi connectivity index (χ2v) is 4.39. The quantitative estimate of drug-likeness (QED) is 0.735. The van der Waals surface area contributed by atoms with Crippen LogP contribution in [0.2, 0.25) is 0 Å². The molecule has 0 aliphatic rings. The molecule has 0 radical (unpaired) electrons. The molecule has 1 heterocycles. The Kier molecular flexibility index (Phi) is 3.90. The van der Waals surface area contributed by atoms with Gasteiger partial charge in [0, 0.05) is 17.3 Å². The molecule has 1 rings (SSSR count). The van der Waals surface area contributed by atoms with E-state index in [1.165, 1.54) is 5.01 Å². The van der Waals surface area contributed by atoms with Crippen LogP contribution in [0.15, 0.2) is 11.6 Å². The summed E-state index contributed by atoms with van der Waals surface area (Å²) in [5.41, 5.74) is 5.73. The Balaban J connectivity index is 2.23. The van der Waals surface area contributed by atoms with E-state index in [9.17, 15) is 0 Å². The van der Waals surface area contributed by atoms with Crippen LogP contribution >= 0.6 is 23.1 Å². The molecule has 11 heavy (non-hydrogen) atoms. The Morgan fingerprint density at radius 3 is 3.18 bits per heavy atom. The first-order valence-electron chi connectivity index (χ1n) is 3.58. The number of thioether (sulfide) groups is 1. The molecule has 0 amide bonds. The number of nitrogens with two attached hydrogens (primary N) is 1. The van der Waals surface area contributed by atoms with E-state index < -0.39 is 0 Å². The van der Waals surface area contributed by atoms with Gasteiger partial charge in [-0.3, -0.25) is 0 Å². The minimum atomic E-state index is 0.263. The van der Waals surface area contributed by atoms with Crippen LogP contribution in [0.4, 0.5) is 0 Å². The maximum absolute atomic E-state index is 5.73. The third-order valence-electron chi connectivity index (χ3n) is 1.31. The molecule has 0 fully saturated rings. The van der Waals surface area contributed by atoms with Crippen LogP contribution < -0.4 is 5.73 Å². The number of nitrogens with zero attached hydrogens (tertiary/aromatic N) is 1. The fraction of sp³-hybridized carbons (Fsp3) is 0.571. The Labute approximate surface area is 75.2 Å². The topological polar surface area (TPSA) is 38.9 Å². The van der Waals surface area contributed by atoms with Gasteiger partial charge in [-0.15, -0.1) is 23.1 Å². The lowest BCUT2D eigenvalue weighted by Crippen LogP contribution is -2.13. The second-order valence-electron chi connectivity index (χ2n) is 2.18. The molecule has 0 aromatic carbocycles. The zero-order valence-electron chi connectivity index (χ0n) is 6.49. The summed E-state index contributed by atoms with van der Waals surface area (Å²) in [5.74, 6) is 0.951. The average molecular weight is 188 g/mol. The standard InChI is InChI=1S/C7H12N2S2/c1-2-6(8)11-5-7-9-3-4-10-7/h3-4,6H,2,5,8H2,1H3. The average Bonchev–Trinajstić information content (AvgIpc) is 2.52. The maximum Gasteiger partial charge on any atom is 0.102 e. The van der Waals surface area contributed by atoms with Crippen LogP contribution in [-0.2, 0) is 5.75 Å². The number of hydrogen-bond acceptors (Lipinski definition) is 4. The van der Waals surface area contributed by atoms with E-state index in [0.717, 1.165) is 12.2 Å². The third kappa shape index (κ3) is 3.22. The van der Waals surface area contributed by atoms with Gasteiger partial charge in [-0.25, -0.2) is 4.98 Å². The fourth-order valence-corrected chi connectivity index (χ4v) is 2.16. The predicted molar refractivity (Wildman–Crippen MR) is 51.7 cm³/mol. The first-order chi connectivity index (χ1) is 5.33. The molecule has 0 bridgehead atoms.